The minimum Gasteiger partial charge on any atom is -0.486 e. The van der Waals surface area contributed by atoms with Gasteiger partial charge in [-0.2, -0.15) is 5.10 Å². The van der Waals surface area contributed by atoms with E-state index in [4.69, 9.17) is 17.3 Å². The van der Waals surface area contributed by atoms with Crippen molar-refractivity contribution in [1.82, 2.24) is 14.5 Å². The Kier molecular flexibility index (Phi) is 3.63. The smallest absolute Gasteiger partial charge is 0.274 e. The molecule has 0 saturated carbocycles. The number of rotatable bonds is 1. The Labute approximate surface area is 158 Å². The molecule has 7 heteroatoms. The van der Waals surface area contributed by atoms with Crippen LogP contribution < -0.4 is 14.9 Å². The van der Waals surface area contributed by atoms with Crippen molar-refractivity contribution in [2.45, 2.75) is 19.4 Å². The van der Waals surface area contributed by atoms with Crippen molar-refractivity contribution in [2.75, 3.05) is 19.8 Å². The fourth-order valence-corrected chi connectivity index (χ4v) is 3.96. The lowest BCUT2D eigenvalue weighted by atomic mass is 9.92. The van der Waals surface area contributed by atoms with Gasteiger partial charge in [0.05, 0.1) is 11.6 Å². The molecular weight excluding hydrogens is 341 g/mol. The van der Waals surface area contributed by atoms with Gasteiger partial charge in [-0.15, -0.1) is 0 Å². The maximum Gasteiger partial charge on any atom is 0.274 e. The van der Waals surface area contributed by atoms with Gasteiger partial charge >= 0.3 is 0 Å². The Morgan fingerprint density at radius 2 is 2.07 bits per heavy atom. The number of carbonyl (C=O) groups excluding carboxylic acids is 1. The molecule has 0 N–H and O–H groups in total. The molecule has 2 aliphatic heterocycles. The van der Waals surface area contributed by atoms with E-state index < -0.39 is 0 Å². The van der Waals surface area contributed by atoms with Gasteiger partial charge < -0.3 is 14.4 Å². The molecule has 0 spiro atoms. The molecule has 1 unspecified atom stereocenters. The fraction of sp³-hybridized carbons (Fsp3) is 0.300. The van der Waals surface area contributed by atoms with Crippen LogP contribution in [0.4, 0.5) is 0 Å². The van der Waals surface area contributed by atoms with Crippen molar-refractivity contribution in [1.29, 1.82) is 0 Å². The summed E-state index contributed by atoms with van der Waals surface area (Å²) in [6, 6.07) is 9.37. The van der Waals surface area contributed by atoms with Crippen LogP contribution in [-0.4, -0.2) is 48.0 Å². The number of ether oxygens (including phenoxy) is 2. The normalized spacial score (nSPS) is 18.4. The summed E-state index contributed by atoms with van der Waals surface area (Å²) in [6.45, 7) is 3.79. The highest BCUT2D eigenvalue weighted by Crippen LogP contribution is 2.42. The van der Waals surface area contributed by atoms with Crippen LogP contribution >= 0.6 is 0 Å². The van der Waals surface area contributed by atoms with Crippen LogP contribution in [0.2, 0.25) is 0 Å². The molecular formula is C20H18BN3O3. The molecule has 134 valence electrons. The molecule has 1 amide bonds. The lowest BCUT2D eigenvalue weighted by molar-refractivity contribution is 0.0667. The number of pyridine rings is 1. The molecule has 0 aliphatic carbocycles. The molecule has 2 aromatic heterocycles. The van der Waals surface area contributed by atoms with Crippen molar-refractivity contribution in [3.05, 3.63) is 53.3 Å². The van der Waals surface area contributed by atoms with Gasteiger partial charge in [-0.05, 0) is 37.1 Å². The molecule has 4 heterocycles. The summed E-state index contributed by atoms with van der Waals surface area (Å²) in [6.07, 6.45) is 2.45. The molecule has 5 rings (SSSR count). The zero-order chi connectivity index (χ0) is 18.5. The molecule has 1 atom stereocenters. The molecule has 0 fully saturated rings. The van der Waals surface area contributed by atoms with Crippen molar-refractivity contribution in [3.63, 3.8) is 0 Å². The topological polar surface area (TPSA) is 56.1 Å². The summed E-state index contributed by atoms with van der Waals surface area (Å²) in [5, 5.41) is 4.41. The largest absolute Gasteiger partial charge is 0.486 e. The number of carbonyl (C=O) groups is 1. The minimum atomic E-state index is -0.0784. The van der Waals surface area contributed by atoms with Crippen LogP contribution in [0.5, 0.6) is 11.5 Å². The van der Waals surface area contributed by atoms with E-state index in [0.717, 1.165) is 34.6 Å². The lowest BCUT2D eigenvalue weighted by Gasteiger charge is -2.36. The number of aromatic nitrogens is 2. The van der Waals surface area contributed by atoms with E-state index in [1.807, 2.05) is 30.0 Å². The third-order valence-corrected chi connectivity index (χ3v) is 5.33. The standard InChI is InChI=1S/C20H18BN3O3/c1-12-15-4-5-18-19(27-9-8-26-18)16(15)6-7-23(12)20(25)17-10-14-3-2-13(21)11-24(14)22-17/h2-5,10-12H,6-9H2,1H3. The average molecular weight is 359 g/mol. The van der Waals surface area contributed by atoms with Gasteiger partial charge in [0.25, 0.3) is 5.91 Å². The molecule has 27 heavy (non-hydrogen) atoms. The van der Waals surface area contributed by atoms with E-state index >= 15 is 0 Å². The van der Waals surface area contributed by atoms with Gasteiger partial charge in [-0.3, -0.25) is 4.79 Å². The molecule has 2 radical (unpaired) electrons. The van der Waals surface area contributed by atoms with Gasteiger partial charge in [0.2, 0.25) is 0 Å². The predicted octanol–water partition coefficient (Wildman–Crippen LogP) is 1.66. The lowest BCUT2D eigenvalue weighted by Crippen LogP contribution is -2.39. The number of fused-ring (bicyclic) bond motifs is 4. The maximum absolute atomic E-state index is 13.1. The highest BCUT2D eigenvalue weighted by atomic mass is 16.6. The second-order valence-corrected chi connectivity index (χ2v) is 6.94. The number of nitrogens with zero attached hydrogens (tertiary/aromatic N) is 3. The maximum atomic E-state index is 13.1. The third kappa shape index (κ3) is 2.57. The van der Waals surface area contributed by atoms with Crippen LogP contribution in [0.1, 0.15) is 34.6 Å². The van der Waals surface area contributed by atoms with Gasteiger partial charge in [0.1, 0.15) is 21.1 Å². The highest BCUT2D eigenvalue weighted by Gasteiger charge is 2.33. The van der Waals surface area contributed by atoms with E-state index in [-0.39, 0.29) is 11.9 Å². The Balaban J connectivity index is 1.48. The first-order valence-corrected chi connectivity index (χ1v) is 9.09. The summed E-state index contributed by atoms with van der Waals surface area (Å²) in [7, 11) is 5.80. The molecule has 0 saturated heterocycles. The Bertz CT molecular complexity index is 1060. The molecule has 6 nitrogen and oxygen atoms in total. The summed E-state index contributed by atoms with van der Waals surface area (Å²) in [5.74, 6) is 1.55. The highest BCUT2D eigenvalue weighted by molar-refractivity contribution is 6.32. The third-order valence-electron chi connectivity index (χ3n) is 5.33. The SMILES string of the molecule is [B]c1ccc2cc(C(=O)N3CCc4c(ccc5c4OCCO5)C3C)nn2c1. The number of benzene rings is 1. The van der Waals surface area contributed by atoms with E-state index in [1.165, 1.54) is 0 Å². The zero-order valence-electron chi connectivity index (χ0n) is 15.0. The number of amides is 1. The van der Waals surface area contributed by atoms with E-state index in [1.54, 1.807) is 22.8 Å². The Morgan fingerprint density at radius 1 is 1.22 bits per heavy atom. The van der Waals surface area contributed by atoms with Crippen molar-refractivity contribution < 1.29 is 14.3 Å². The van der Waals surface area contributed by atoms with E-state index in [9.17, 15) is 4.79 Å². The number of hydrogen-bond donors (Lipinski definition) is 0. The van der Waals surface area contributed by atoms with Crippen LogP contribution in [0.15, 0.2) is 36.5 Å². The second-order valence-electron chi connectivity index (χ2n) is 6.94. The van der Waals surface area contributed by atoms with Crippen molar-refractivity contribution in [2.24, 2.45) is 0 Å². The van der Waals surface area contributed by atoms with Crippen LogP contribution in [0, 0.1) is 0 Å². The van der Waals surface area contributed by atoms with Gasteiger partial charge in [-0.25, -0.2) is 4.52 Å². The summed E-state index contributed by atoms with van der Waals surface area (Å²) < 4.78 is 13.2. The van der Waals surface area contributed by atoms with Crippen molar-refractivity contribution in [3.8, 4) is 11.5 Å². The second kappa shape index (κ2) is 6.04. The van der Waals surface area contributed by atoms with Gasteiger partial charge in [0, 0.05) is 18.3 Å². The summed E-state index contributed by atoms with van der Waals surface area (Å²) >= 11 is 0. The Morgan fingerprint density at radius 3 is 2.96 bits per heavy atom. The quantitative estimate of drug-likeness (QED) is 0.620. The predicted molar refractivity (Wildman–Crippen MR) is 101 cm³/mol. The van der Waals surface area contributed by atoms with Crippen LogP contribution in [0.3, 0.4) is 0 Å². The van der Waals surface area contributed by atoms with Crippen LogP contribution in [-0.2, 0) is 6.42 Å². The number of hydrogen-bond acceptors (Lipinski definition) is 4. The molecule has 1 aromatic carbocycles. The first-order chi connectivity index (χ1) is 13.1. The Hall–Kier alpha value is -2.96. The molecule has 2 aliphatic rings. The van der Waals surface area contributed by atoms with Gasteiger partial charge in [0.15, 0.2) is 17.2 Å². The average Bonchev–Trinajstić information content (AvgIpc) is 3.11. The summed E-state index contributed by atoms with van der Waals surface area (Å²) in [5.41, 5.74) is 4.13. The first-order valence-electron chi connectivity index (χ1n) is 9.09. The van der Waals surface area contributed by atoms with E-state index in [0.29, 0.717) is 30.9 Å². The van der Waals surface area contributed by atoms with Gasteiger partial charge in [-0.1, -0.05) is 17.6 Å². The molecule has 0 bridgehead atoms. The fourth-order valence-electron chi connectivity index (χ4n) is 3.96. The molecule has 3 aromatic rings. The van der Waals surface area contributed by atoms with Crippen molar-refractivity contribution >= 4 is 24.7 Å². The van der Waals surface area contributed by atoms with Crippen LogP contribution in [0.25, 0.3) is 5.52 Å². The van der Waals surface area contributed by atoms with E-state index in [2.05, 4.69) is 5.10 Å². The first kappa shape index (κ1) is 16.2. The monoisotopic (exact) mass is 359 g/mol. The minimum absolute atomic E-state index is 0.0630. The zero-order valence-corrected chi connectivity index (χ0v) is 15.0. The summed E-state index contributed by atoms with van der Waals surface area (Å²) in [4.78, 5) is 15.0.